The van der Waals surface area contributed by atoms with Gasteiger partial charge in [0.05, 0.1) is 11.2 Å². The predicted octanol–water partition coefficient (Wildman–Crippen LogP) is 3.23. The van der Waals surface area contributed by atoms with Crippen LogP contribution in [0.4, 0.5) is 8.78 Å². The van der Waals surface area contributed by atoms with E-state index in [-0.39, 0.29) is 6.04 Å². The van der Waals surface area contributed by atoms with Crippen LogP contribution in [0.1, 0.15) is 22.2 Å². The van der Waals surface area contributed by atoms with E-state index in [4.69, 9.17) is 0 Å². The van der Waals surface area contributed by atoms with Gasteiger partial charge in [-0.1, -0.05) is 6.07 Å². The van der Waals surface area contributed by atoms with Crippen molar-refractivity contribution in [2.75, 3.05) is 7.05 Å². The Labute approximate surface area is 109 Å². The maximum Gasteiger partial charge on any atom is 0.159 e. The summed E-state index contributed by atoms with van der Waals surface area (Å²) in [6.07, 6.45) is 0.608. The van der Waals surface area contributed by atoms with Gasteiger partial charge in [-0.15, -0.1) is 11.3 Å². The molecule has 1 unspecified atom stereocenters. The molecule has 5 heteroatoms. The van der Waals surface area contributed by atoms with E-state index >= 15 is 0 Å². The van der Waals surface area contributed by atoms with Gasteiger partial charge in [-0.05, 0) is 38.1 Å². The fourth-order valence-electron chi connectivity index (χ4n) is 1.87. The van der Waals surface area contributed by atoms with Crippen LogP contribution in [0.3, 0.4) is 0 Å². The second-order valence-electron chi connectivity index (χ2n) is 4.10. The van der Waals surface area contributed by atoms with Crippen molar-refractivity contribution in [2.45, 2.75) is 19.4 Å². The summed E-state index contributed by atoms with van der Waals surface area (Å²) in [5.41, 5.74) is 3.53. The molecule has 0 radical (unpaired) electrons. The molecule has 0 saturated carbocycles. The fourth-order valence-corrected chi connectivity index (χ4v) is 2.79. The quantitative estimate of drug-likeness (QED) is 0.921. The maximum absolute atomic E-state index is 13.2. The Bertz CT molecular complexity index is 540. The van der Waals surface area contributed by atoms with E-state index in [1.54, 1.807) is 22.9 Å². The number of hydrogen-bond acceptors (Lipinski definition) is 3. The number of halogens is 2. The second-order valence-corrected chi connectivity index (χ2v) is 4.98. The van der Waals surface area contributed by atoms with Crippen molar-refractivity contribution in [3.05, 3.63) is 51.5 Å². The predicted molar refractivity (Wildman–Crippen MR) is 68.7 cm³/mol. The highest BCUT2D eigenvalue weighted by molar-refractivity contribution is 7.09. The normalized spacial score (nSPS) is 12.7. The molecule has 1 heterocycles. The van der Waals surface area contributed by atoms with Crippen LogP contribution in [-0.2, 0) is 6.42 Å². The van der Waals surface area contributed by atoms with Crippen LogP contribution in [0.25, 0.3) is 0 Å². The molecule has 0 fully saturated rings. The summed E-state index contributed by atoms with van der Waals surface area (Å²) in [4.78, 5) is 5.33. The van der Waals surface area contributed by atoms with Crippen molar-refractivity contribution >= 4 is 11.3 Å². The average Bonchev–Trinajstić information content (AvgIpc) is 2.77. The molecule has 96 valence electrons. The first-order chi connectivity index (χ1) is 8.61. The average molecular weight is 268 g/mol. The standard InChI is InChI=1S/C13H14F2N2S/c1-8-13(18-7-17-8)12(16-2)6-9-3-4-10(14)11(15)5-9/h3-5,7,12,16H,6H2,1-2H3. The molecule has 2 nitrogen and oxygen atoms in total. The van der Waals surface area contributed by atoms with E-state index in [9.17, 15) is 8.78 Å². The molecular formula is C13H14F2N2S. The number of nitrogens with zero attached hydrogens (tertiary/aromatic N) is 1. The topological polar surface area (TPSA) is 24.9 Å². The number of nitrogens with one attached hydrogen (secondary N) is 1. The van der Waals surface area contributed by atoms with Crippen molar-refractivity contribution in [3.63, 3.8) is 0 Å². The number of hydrogen-bond donors (Lipinski definition) is 1. The number of thiazole rings is 1. The van der Waals surface area contributed by atoms with E-state index in [1.165, 1.54) is 6.07 Å². The zero-order chi connectivity index (χ0) is 13.1. The monoisotopic (exact) mass is 268 g/mol. The minimum atomic E-state index is -0.811. The van der Waals surface area contributed by atoms with Crippen LogP contribution in [-0.4, -0.2) is 12.0 Å². The van der Waals surface area contributed by atoms with E-state index in [0.29, 0.717) is 6.42 Å². The number of rotatable bonds is 4. The zero-order valence-electron chi connectivity index (χ0n) is 10.2. The smallest absolute Gasteiger partial charge is 0.159 e. The summed E-state index contributed by atoms with van der Waals surface area (Å²) in [6, 6.07) is 4.09. The molecule has 0 aliphatic carbocycles. The lowest BCUT2D eigenvalue weighted by molar-refractivity contribution is 0.504. The van der Waals surface area contributed by atoms with Gasteiger partial charge in [0.15, 0.2) is 11.6 Å². The molecule has 1 N–H and O–H groups in total. The Hall–Kier alpha value is -1.33. The molecule has 0 aliphatic rings. The van der Waals surface area contributed by atoms with Gasteiger partial charge in [0.1, 0.15) is 0 Å². The SMILES string of the molecule is CNC(Cc1ccc(F)c(F)c1)c1scnc1C. The van der Waals surface area contributed by atoms with Crippen molar-refractivity contribution < 1.29 is 8.78 Å². The molecule has 0 amide bonds. The van der Waals surface area contributed by atoms with Crippen LogP contribution in [0, 0.1) is 18.6 Å². The fraction of sp³-hybridized carbons (Fsp3) is 0.308. The van der Waals surface area contributed by atoms with Crippen LogP contribution in [0.2, 0.25) is 0 Å². The third kappa shape index (κ3) is 2.73. The van der Waals surface area contributed by atoms with Gasteiger partial charge >= 0.3 is 0 Å². The van der Waals surface area contributed by atoms with E-state index in [2.05, 4.69) is 10.3 Å². The van der Waals surface area contributed by atoms with Gasteiger partial charge < -0.3 is 5.32 Å². The maximum atomic E-state index is 13.2. The molecule has 0 spiro atoms. The molecule has 1 aromatic heterocycles. The van der Waals surface area contributed by atoms with Crippen molar-refractivity contribution in [2.24, 2.45) is 0 Å². The van der Waals surface area contributed by atoms with E-state index < -0.39 is 11.6 Å². The van der Waals surface area contributed by atoms with Gasteiger partial charge in [0, 0.05) is 10.9 Å². The Morgan fingerprint density at radius 2 is 2.11 bits per heavy atom. The summed E-state index contributed by atoms with van der Waals surface area (Å²) in [6.45, 7) is 1.95. The van der Waals surface area contributed by atoms with Crippen molar-refractivity contribution in [1.29, 1.82) is 0 Å². The summed E-state index contributed by atoms with van der Waals surface area (Å²) in [7, 11) is 1.85. The minimum absolute atomic E-state index is 0.0716. The van der Waals surface area contributed by atoms with Gasteiger partial charge in [0.25, 0.3) is 0 Å². The molecular weight excluding hydrogens is 254 g/mol. The molecule has 0 aliphatic heterocycles. The summed E-state index contributed by atoms with van der Waals surface area (Å²) < 4.78 is 26.0. The van der Waals surface area contributed by atoms with Crippen LogP contribution in [0.5, 0.6) is 0 Å². The highest BCUT2D eigenvalue weighted by Gasteiger charge is 2.15. The lowest BCUT2D eigenvalue weighted by atomic mass is 10.0. The lowest BCUT2D eigenvalue weighted by Gasteiger charge is -2.15. The Kier molecular flexibility index (Phi) is 4.04. The van der Waals surface area contributed by atoms with Gasteiger partial charge in [-0.25, -0.2) is 13.8 Å². The Morgan fingerprint density at radius 3 is 2.67 bits per heavy atom. The molecule has 2 aromatic rings. The van der Waals surface area contributed by atoms with Gasteiger partial charge in [0.2, 0.25) is 0 Å². The van der Waals surface area contributed by atoms with E-state index in [1.807, 2.05) is 14.0 Å². The second kappa shape index (κ2) is 5.54. The molecule has 18 heavy (non-hydrogen) atoms. The first-order valence-electron chi connectivity index (χ1n) is 5.63. The number of aromatic nitrogens is 1. The van der Waals surface area contributed by atoms with Crippen LogP contribution < -0.4 is 5.32 Å². The van der Waals surface area contributed by atoms with E-state index in [0.717, 1.165) is 22.2 Å². The zero-order valence-corrected chi connectivity index (χ0v) is 11.0. The summed E-state index contributed by atoms with van der Waals surface area (Å²) in [5.74, 6) is -1.61. The number of likely N-dealkylation sites (N-methyl/N-ethyl adjacent to an activating group) is 1. The first-order valence-corrected chi connectivity index (χ1v) is 6.51. The number of benzene rings is 1. The molecule has 1 aromatic carbocycles. The molecule has 0 bridgehead atoms. The summed E-state index contributed by atoms with van der Waals surface area (Å²) in [5, 5.41) is 3.18. The third-order valence-electron chi connectivity index (χ3n) is 2.87. The number of aryl methyl sites for hydroxylation is 1. The van der Waals surface area contributed by atoms with Crippen molar-refractivity contribution in [1.82, 2.24) is 10.3 Å². The van der Waals surface area contributed by atoms with Crippen LogP contribution >= 0.6 is 11.3 Å². The summed E-state index contributed by atoms with van der Waals surface area (Å²) >= 11 is 1.57. The highest BCUT2D eigenvalue weighted by Crippen LogP contribution is 2.25. The van der Waals surface area contributed by atoms with Gasteiger partial charge in [-0.2, -0.15) is 0 Å². The first kappa shape index (κ1) is 13.1. The Balaban J connectivity index is 2.20. The minimum Gasteiger partial charge on any atom is -0.312 e. The van der Waals surface area contributed by atoms with Gasteiger partial charge in [-0.3, -0.25) is 0 Å². The largest absolute Gasteiger partial charge is 0.312 e. The van der Waals surface area contributed by atoms with Crippen molar-refractivity contribution in [3.8, 4) is 0 Å². The molecule has 1 atom stereocenters. The Morgan fingerprint density at radius 1 is 1.33 bits per heavy atom. The molecule has 0 saturated heterocycles. The highest BCUT2D eigenvalue weighted by atomic mass is 32.1. The third-order valence-corrected chi connectivity index (χ3v) is 3.92. The molecule has 2 rings (SSSR count). The van der Waals surface area contributed by atoms with Crippen LogP contribution in [0.15, 0.2) is 23.7 Å². The lowest BCUT2D eigenvalue weighted by Crippen LogP contribution is -2.18.